The van der Waals surface area contributed by atoms with Crippen molar-refractivity contribution >= 4 is 53.3 Å². The number of hydrogen-bond donors (Lipinski definition) is 0. The Bertz CT molecular complexity index is 3440. The van der Waals surface area contributed by atoms with Crippen LogP contribution in [0.25, 0.3) is 93.0 Å². The number of para-hydroxylation sites is 1. The van der Waals surface area contributed by atoms with E-state index in [4.69, 9.17) is 24.5 Å². The molecule has 0 aliphatic carbocycles. The van der Waals surface area contributed by atoms with Crippen LogP contribution in [0.5, 0.6) is 0 Å². The summed E-state index contributed by atoms with van der Waals surface area (Å²) in [6, 6.07) is 30.8. The third-order valence-corrected chi connectivity index (χ3v) is 9.83. The van der Waals surface area contributed by atoms with Gasteiger partial charge in [-0.05, 0) is 41.4 Å². The lowest BCUT2D eigenvalue weighted by molar-refractivity contribution is 1.07. The summed E-state index contributed by atoms with van der Waals surface area (Å²) in [5.74, 6) is 1.20. The quantitative estimate of drug-likeness (QED) is 0.184. The second-order valence-electron chi connectivity index (χ2n) is 11.7. The van der Waals surface area contributed by atoms with Gasteiger partial charge in [0.25, 0.3) is 0 Å². The van der Waals surface area contributed by atoms with Crippen LogP contribution in [0, 0.1) is 0 Å². The summed E-state index contributed by atoms with van der Waals surface area (Å²) < 4.78 is 90.7. The van der Waals surface area contributed by atoms with Crippen LogP contribution >= 0.6 is 11.3 Å². The molecule has 0 saturated heterocycles. The molecule has 0 radical (unpaired) electrons. The predicted octanol–water partition coefficient (Wildman–Crippen LogP) is 12.0. The van der Waals surface area contributed by atoms with Crippen molar-refractivity contribution in [3.63, 3.8) is 0 Å². The zero-order chi connectivity index (χ0) is 41.7. The van der Waals surface area contributed by atoms with E-state index in [1.54, 1.807) is 22.8 Å². The Morgan fingerprint density at radius 2 is 1.04 bits per heavy atom. The summed E-state index contributed by atoms with van der Waals surface area (Å²) in [7, 11) is 0. The summed E-state index contributed by atoms with van der Waals surface area (Å²) in [5.41, 5.74) is 4.90. The second kappa shape index (κ2) is 11.6. The molecule has 10 aromatic rings. The van der Waals surface area contributed by atoms with Gasteiger partial charge in [0.05, 0.1) is 29.4 Å². The molecule has 234 valence electrons. The number of nitrogens with zero attached hydrogens (tertiary/aromatic N) is 4. The first-order valence-electron chi connectivity index (χ1n) is 20.9. The van der Waals surface area contributed by atoms with E-state index in [2.05, 4.69) is 0 Å². The van der Waals surface area contributed by atoms with E-state index in [-0.39, 0.29) is 73.5 Å². The Balaban J connectivity index is 1.28. The number of fused-ring (bicyclic) bond motifs is 7. The smallest absolute Gasteiger partial charge is 0.164 e. The molecular weight excluding hydrogens is 629 g/mol. The molecule has 10 rings (SSSR count). The molecule has 5 heteroatoms. The summed E-state index contributed by atoms with van der Waals surface area (Å²) in [4.78, 5) is 14.9. The molecule has 7 aromatic carbocycles. The molecule has 3 heterocycles. The lowest BCUT2D eigenvalue weighted by atomic mass is 10.0. The van der Waals surface area contributed by atoms with Crippen molar-refractivity contribution in [2.45, 2.75) is 0 Å². The van der Waals surface area contributed by atoms with Crippen LogP contribution in [0.15, 0.2) is 170 Å². The minimum absolute atomic E-state index is 0.0472. The molecule has 0 saturated carbocycles. The third kappa shape index (κ3) is 4.71. The van der Waals surface area contributed by atoms with E-state index in [1.165, 1.54) is 0 Å². The van der Waals surface area contributed by atoms with Crippen molar-refractivity contribution in [3.8, 4) is 51.0 Å². The van der Waals surface area contributed by atoms with E-state index in [9.17, 15) is 4.11 Å². The summed E-state index contributed by atoms with van der Waals surface area (Å²) in [6.45, 7) is 0. The zero-order valence-corrected chi connectivity index (χ0v) is 26.9. The Kier molecular flexibility index (Phi) is 4.69. The normalized spacial score (nSPS) is 14.4. The summed E-state index contributed by atoms with van der Waals surface area (Å²) in [5, 5.41) is 0.399. The van der Waals surface area contributed by atoms with E-state index >= 15 is 0 Å². The van der Waals surface area contributed by atoms with Crippen LogP contribution in [0.2, 0.25) is 0 Å². The van der Waals surface area contributed by atoms with Gasteiger partial charge in [-0.25, -0.2) is 15.0 Å². The molecule has 0 amide bonds. The van der Waals surface area contributed by atoms with E-state index in [0.29, 0.717) is 33.4 Å². The minimum atomic E-state index is -0.496. The summed E-state index contributed by atoms with van der Waals surface area (Å²) in [6.07, 6.45) is 0. The van der Waals surface area contributed by atoms with Crippen molar-refractivity contribution < 1.29 is 13.7 Å². The molecular formula is C45H28N4S. The molecule has 0 spiro atoms. The molecule has 4 nitrogen and oxygen atoms in total. The third-order valence-electron chi connectivity index (χ3n) is 8.72. The van der Waals surface area contributed by atoms with E-state index < -0.39 is 24.2 Å². The van der Waals surface area contributed by atoms with Gasteiger partial charge in [-0.15, -0.1) is 11.3 Å². The lowest BCUT2D eigenvalue weighted by Gasteiger charge is -2.12. The van der Waals surface area contributed by atoms with Gasteiger partial charge in [0.15, 0.2) is 17.5 Å². The van der Waals surface area contributed by atoms with Crippen LogP contribution in [-0.2, 0) is 0 Å². The Labute approximate surface area is 306 Å². The first-order chi connectivity index (χ1) is 28.9. The van der Waals surface area contributed by atoms with Crippen molar-refractivity contribution in [3.05, 3.63) is 170 Å². The van der Waals surface area contributed by atoms with Crippen molar-refractivity contribution in [2.75, 3.05) is 0 Å². The number of benzene rings is 7. The van der Waals surface area contributed by atoms with Gasteiger partial charge < -0.3 is 4.57 Å². The van der Waals surface area contributed by atoms with Gasteiger partial charge >= 0.3 is 0 Å². The fourth-order valence-electron chi connectivity index (χ4n) is 6.43. The van der Waals surface area contributed by atoms with Crippen molar-refractivity contribution in [1.29, 1.82) is 0 Å². The Morgan fingerprint density at radius 1 is 0.460 bits per heavy atom. The molecule has 0 unspecified atom stereocenters. The van der Waals surface area contributed by atoms with Crippen LogP contribution in [-0.4, -0.2) is 19.5 Å². The average Bonchev–Trinajstić information content (AvgIpc) is 3.87. The predicted molar refractivity (Wildman–Crippen MR) is 209 cm³/mol. The van der Waals surface area contributed by atoms with Crippen LogP contribution < -0.4 is 0 Å². The monoisotopic (exact) mass is 666 g/mol. The van der Waals surface area contributed by atoms with E-state index in [1.807, 2.05) is 91.0 Å². The van der Waals surface area contributed by atoms with Crippen molar-refractivity contribution in [1.82, 2.24) is 19.5 Å². The SMILES string of the molecule is [2H]c1c([2H])c([2H])c2c(sc3c2c([2H])c([2H])c2c4c([2H])c([2H])c([2H])c([2H])c4n(-c4cccc(-c5nc(-c6ccccc6)nc(-c6cccc(-c7ccccc7)c6)n5)c4)c32)c1[2H]. The average molecular weight is 667 g/mol. The first-order valence-corrected chi connectivity index (χ1v) is 16.7. The van der Waals surface area contributed by atoms with Gasteiger partial charge in [-0.2, -0.15) is 0 Å². The number of rotatable bonds is 5. The van der Waals surface area contributed by atoms with Crippen LogP contribution in [0.3, 0.4) is 0 Å². The fraction of sp³-hybridized carbons (Fsp3) is 0. The van der Waals surface area contributed by atoms with Gasteiger partial charge in [0.2, 0.25) is 0 Å². The first kappa shape index (κ1) is 20.2. The maximum absolute atomic E-state index is 9.34. The van der Waals surface area contributed by atoms with Gasteiger partial charge in [-0.1, -0.05) is 139 Å². The molecule has 0 aliphatic rings. The minimum Gasteiger partial charge on any atom is -0.308 e. The fourth-order valence-corrected chi connectivity index (χ4v) is 7.53. The molecule has 0 bridgehead atoms. The largest absolute Gasteiger partial charge is 0.308 e. The van der Waals surface area contributed by atoms with Crippen LogP contribution in [0.4, 0.5) is 0 Å². The highest BCUT2D eigenvalue weighted by atomic mass is 32.1. The standard InChI is InChI=1S/C45H28N4S/c1-3-13-29(14-4-1)31-17-11-18-32(27-31)44-46-43(30-15-5-2-6-16-30)47-45(48-44)33-19-12-20-34(28-33)49-39-23-9-7-21-35(39)37-25-26-38-36-22-8-10-24-40(36)50-42(38)41(37)49/h1-28H/i7D,8D,9D,10D,21D,22D,23D,24D,25D,26D. The van der Waals surface area contributed by atoms with Gasteiger partial charge in [0.1, 0.15) is 0 Å². The van der Waals surface area contributed by atoms with Crippen molar-refractivity contribution in [2.24, 2.45) is 0 Å². The van der Waals surface area contributed by atoms with Gasteiger partial charge in [-0.3, -0.25) is 0 Å². The molecule has 0 fully saturated rings. The van der Waals surface area contributed by atoms with Crippen LogP contribution in [0.1, 0.15) is 13.7 Å². The number of hydrogen-bond acceptors (Lipinski definition) is 4. The number of aromatic nitrogens is 4. The zero-order valence-electron chi connectivity index (χ0n) is 36.1. The highest BCUT2D eigenvalue weighted by Gasteiger charge is 2.19. The molecule has 0 N–H and O–H groups in total. The van der Waals surface area contributed by atoms with Gasteiger partial charge in [0, 0.05) is 48.6 Å². The maximum atomic E-state index is 9.34. The highest BCUT2D eigenvalue weighted by Crippen LogP contribution is 2.43. The molecule has 3 aromatic heterocycles. The maximum Gasteiger partial charge on any atom is 0.164 e. The lowest BCUT2D eigenvalue weighted by Crippen LogP contribution is -2.01. The molecule has 0 atom stereocenters. The number of thiophene rings is 1. The topological polar surface area (TPSA) is 43.6 Å². The second-order valence-corrected chi connectivity index (χ2v) is 12.7. The molecule has 50 heavy (non-hydrogen) atoms. The Hall–Kier alpha value is -6.43. The highest BCUT2D eigenvalue weighted by molar-refractivity contribution is 7.26. The summed E-state index contributed by atoms with van der Waals surface area (Å²) >= 11 is 1.04. The van der Waals surface area contributed by atoms with E-state index in [0.717, 1.165) is 33.6 Å². The Morgan fingerprint density at radius 3 is 1.82 bits per heavy atom. The molecule has 0 aliphatic heterocycles.